The molecule has 0 saturated heterocycles. The van der Waals surface area contributed by atoms with Gasteiger partial charge in [-0.15, -0.1) is 0 Å². The fraction of sp³-hybridized carbons (Fsp3) is 0.273. The molecule has 0 aliphatic carbocycles. The number of nitrogens with two attached hydrogens (primary N) is 2. The Balaban J connectivity index is 2.87. The normalized spacial score (nSPS) is 11.9. The number of aliphatic imine (C=N–C) groups is 1. The largest absolute Gasteiger partial charge is 0.370 e. The zero-order valence-corrected chi connectivity index (χ0v) is 8.98. The highest BCUT2D eigenvalue weighted by Crippen LogP contribution is 2.20. The van der Waals surface area contributed by atoms with Crippen LogP contribution in [-0.4, -0.2) is 11.9 Å². The lowest BCUT2D eigenvalue weighted by molar-refractivity contribution is 0.100. The van der Waals surface area contributed by atoms with Crippen LogP contribution in [0.5, 0.6) is 0 Å². The van der Waals surface area contributed by atoms with Gasteiger partial charge < -0.3 is 11.5 Å². The van der Waals surface area contributed by atoms with Gasteiger partial charge in [0.2, 0.25) is 0 Å². The second-order valence-corrected chi connectivity index (χ2v) is 3.34. The molecular weight excluding hydrogens is 209 g/mol. The summed E-state index contributed by atoms with van der Waals surface area (Å²) < 4.78 is 13.3. The van der Waals surface area contributed by atoms with Crippen LogP contribution in [0, 0.1) is 0 Å². The van der Waals surface area contributed by atoms with Gasteiger partial charge >= 0.3 is 0 Å². The number of alkyl halides is 1. The van der Waals surface area contributed by atoms with Crippen LogP contribution in [0.4, 0.5) is 4.39 Å². The van der Waals surface area contributed by atoms with E-state index < -0.39 is 12.1 Å². The van der Waals surface area contributed by atoms with Gasteiger partial charge in [-0.3, -0.25) is 4.79 Å². The number of benzene rings is 1. The summed E-state index contributed by atoms with van der Waals surface area (Å²) in [5.74, 6) is -0.815. The quantitative estimate of drug-likeness (QED) is 0.602. The van der Waals surface area contributed by atoms with Crippen molar-refractivity contribution in [3.8, 4) is 0 Å². The van der Waals surface area contributed by atoms with Crippen molar-refractivity contribution in [3.05, 3.63) is 35.4 Å². The first-order chi connectivity index (χ1) is 7.54. The van der Waals surface area contributed by atoms with Gasteiger partial charge in [-0.25, -0.2) is 4.39 Å². The molecule has 0 aromatic heterocycles. The summed E-state index contributed by atoms with van der Waals surface area (Å²) in [6.07, 6.45) is -0.603. The molecule has 4 N–H and O–H groups in total. The molecule has 0 radical (unpaired) electrons. The smallest absolute Gasteiger partial charge is 0.280 e. The van der Waals surface area contributed by atoms with E-state index in [-0.39, 0.29) is 5.96 Å². The molecule has 1 rings (SSSR count). The Bertz CT molecular complexity index is 396. The lowest BCUT2D eigenvalue weighted by Crippen LogP contribution is -2.24. The average molecular weight is 223 g/mol. The van der Waals surface area contributed by atoms with Crippen LogP contribution < -0.4 is 11.5 Å². The van der Waals surface area contributed by atoms with E-state index in [1.54, 1.807) is 19.1 Å². The van der Waals surface area contributed by atoms with Crippen LogP contribution in [0.3, 0.4) is 0 Å². The van der Waals surface area contributed by atoms with Crippen molar-refractivity contribution in [2.24, 2.45) is 16.5 Å². The van der Waals surface area contributed by atoms with Gasteiger partial charge in [0.05, 0.1) is 0 Å². The van der Waals surface area contributed by atoms with Gasteiger partial charge in [0.25, 0.3) is 5.91 Å². The summed E-state index contributed by atoms with van der Waals surface area (Å²) in [6, 6.07) is 6.13. The van der Waals surface area contributed by atoms with E-state index in [1.165, 1.54) is 12.1 Å². The molecule has 1 aromatic carbocycles. The molecule has 0 aliphatic rings. The zero-order chi connectivity index (χ0) is 12.1. The Morgan fingerprint density at radius 3 is 2.38 bits per heavy atom. The summed E-state index contributed by atoms with van der Waals surface area (Å²) in [4.78, 5) is 14.7. The molecule has 16 heavy (non-hydrogen) atoms. The Labute approximate surface area is 93.2 Å². The first kappa shape index (κ1) is 12.2. The highest BCUT2D eigenvalue weighted by Gasteiger charge is 2.08. The number of hydrogen-bond acceptors (Lipinski definition) is 1. The molecule has 4 nitrogen and oxygen atoms in total. The number of guanidine groups is 1. The SMILES string of the molecule is CCC(F)c1ccc(C(=O)N=C(N)N)cc1. The van der Waals surface area contributed by atoms with Crippen LogP contribution in [0.15, 0.2) is 29.3 Å². The molecule has 86 valence electrons. The molecule has 1 unspecified atom stereocenters. The van der Waals surface area contributed by atoms with Gasteiger partial charge in [-0.1, -0.05) is 19.1 Å². The molecule has 1 aromatic rings. The van der Waals surface area contributed by atoms with E-state index in [0.29, 0.717) is 17.5 Å². The molecule has 0 fully saturated rings. The number of carbonyl (C=O) groups is 1. The van der Waals surface area contributed by atoms with E-state index in [2.05, 4.69) is 4.99 Å². The van der Waals surface area contributed by atoms with Crippen molar-refractivity contribution < 1.29 is 9.18 Å². The van der Waals surface area contributed by atoms with Crippen LogP contribution in [0.2, 0.25) is 0 Å². The first-order valence-corrected chi connectivity index (χ1v) is 4.92. The molecule has 0 heterocycles. The van der Waals surface area contributed by atoms with Gasteiger partial charge in [0.1, 0.15) is 6.17 Å². The van der Waals surface area contributed by atoms with Crippen LogP contribution in [0.25, 0.3) is 0 Å². The molecule has 0 aliphatic heterocycles. The Kier molecular flexibility index (Phi) is 3.99. The molecule has 0 bridgehead atoms. The van der Waals surface area contributed by atoms with Crippen molar-refractivity contribution in [1.29, 1.82) is 0 Å². The van der Waals surface area contributed by atoms with Gasteiger partial charge in [0, 0.05) is 5.56 Å². The Morgan fingerprint density at radius 2 is 1.94 bits per heavy atom. The Hall–Kier alpha value is -1.91. The molecule has 1 amide bonds. The minimum absolute atomic E-state index is 0.286. The maximum absolute atomic E-state index is 13.3. The first-order valence-electron chi connectivity index (χ1n) is 4.92. The van der Waals surface area contributed by atoms with E-state index >= 15 is 0 Å². The van der Waals surface area contributed by atoms with Crippen molar-refractivity contribution >= 4 is 11.9 Å². The number of carbonyl (C=O) groups excluding carboxylic acids is 1. The molecule has 5 heteroatoms. The third kappa shape index (κ3) is 3.05. The van der Waals surface area contributed by atoms with Crippen LogP contribution in [0.1, 0.15) is 35.4 Å². The Morgan fingerprint density at radius 1 is 1.38 bits per heavy atom. The van der Waals surface area contributed by atoms with Crippen molar-refractivity contribution in [2.75, 3.05) is 0 Å². The lowest BCUT2D eigenvalue weighted by Gasteiger charge is -2.05. The minimum Gasteiger partial charge on any atom is -0.370 e. The van der Waals surface area contributed by atoms with Crippen molar-refractivity contribution in [1.82, 2.24) is 0 Å². The second kappa shape index (κ2) is 5.25. The van der Waals surface area contributed by atoms with Crippen LogP contribution in [-0.2, 0) is 0 Å². The maximum atomic E-state index is 13.3. The summed E-state index contributed by atoms with van der Waals surface area (Å²) in [5.41, 5.74) is 11.0. The van der Waals surface area contributed by atoms with Crippen molar-refractivity contribution in [3.63, 3.8) is 0 Å². The zero-order valence-electron chi connectivity index (χ0n) is 8.98. The van der Waals surface area contributed by atoms with E-state index in [1.807, 2.05) is 0 Å². The lowest BCUT2D eigenvalue weighted by atomic mass is 10.1. The van der Waals surface area contributed by atoms with Crippen LogP contribution >= 0.6 is 0 Å². The van der Waals surface area contributed by atoms with Crippen molar-refractivity contribution in [2.45, 2.75) is 19.5 Å². The summed E-state index contributed by atoms with van der Waals surface area (Å²) >= 11 is 0. The predicted molar refractivity (Wildman–Crippen MR) is 60.7 cm³/mol. The fourth-order valence-corrected chi connectivity index (χ4v) is 1.25. The molecule has 1 atom stereocenters. The minimum atomic E-state index is -1.01. The van der Waals surface area contributed by atoms with E-state index in [4.69, 9.17) is 11.5 Å². The summed E-state index contributed by atoms with van der Waals surface area (Å²) in [5, 5.41) is 0. The fourth-order valence-electron chi connectivity index (χ4n) is 1.25. The number of hydrogen-bond donors (Lipinski definition) is 2. The third-order valence-corrected chi connectivity index (χ3v) is 2.11. The summed E-state index contributed by atoms with van der Waals surface area (Å²) in [6.45, 7) is 1.75. The van der Waals surface area contributed by atoms with Gasteiger partial charge in [-0.2, -0.15) is 4.99 Å². The number of rotatable bonds is 3. The molecule has 0 saturated carbocycles. The third-order valence-electron chi connectivity index (χ3n) is 2.11. The predicted octanol–water partition coefficient (Wildman–Crippen LogP) is 1.52. The molecule has 0 spiro atoms. The molecular formula is C11H14FN3O. The number of halogens is 1. The van der Waals surface area contributed by atoms with Gasteiger partial charge in [-0.05, 0) is 24.1 Å². The highest BCUT2D eigenvalue weighted by atomic mass is 19.1. The highest BCUT2D eigenvalue weighted by molar-refractivity contribution is 6.01. The van der Waals surface area contributed by atoms with Gasteiger partial charge in [0.15, 0.2) is 5.96 Å². The van der Waals surface area contributed by atoms with E-state index in [9.17, 15) is 9.18 Å². The topological polar surface area (TPSA) is 81.5 Å². The maximum Gasteiger partial charge on any atom is 0.280 e. The average Bonchev–Trinajstić information content (AvgIpc) is 2.27. The number of nitrogens with zero attached hydrogens (tertiary/aromatic N) is 1. The van der Waals surface area contributed by atoms with E-state index in [0.717, 1.165) is 0 Å². The summed E-state index contributed by atoms with van der Waals surface area (Å²) in [7, 11) is 0. The monoisotopic (exact) mass is 223 g/mol. The standard InChI is InChI=1S/C11H14FN3O/c1-2-9(12)7-3-5-8(6-4-7)10(16)15-11(13)14/h3-6,9H,2H2,1H3,(H4,13,14,15,16). The second-order valence-electron chi connectivity index (χ2n) is 3.34. The number of amides is 1.